The molecule has 1 aliphatic rings. The van der Waals surface area contributed by atoms with Crippen LogP contribution in [0.1, 0.15) is 31.7 Å². The molecule has 0 unspecified atom stereocenters. The van der Waals surface area contributed by atoms with Crippen LogP contribution in [0.2, 0.25) is 0 Å². The average Bonchev–Trinajstić information content (AvgIpc) is 3.22. The number of rotatable bonds is 7. The Kier molecular flexibility index (Phi) is 6.69. The monoisotopic (exact) mass is 421 g/mol. The van der Waals surface area contributed by atoms with Crippen LogP contribution >= 0.6 is 11.8 Å². The zero-order valence-corrected chi connectivity index (χ0v) is 18.0. The zero-order chi connectivity index (χ0) is 20.8. The minimum atomic E-state index is -0.283. The molecule has 2 aromatic carbocycles. The Morgan fingerprint density at radius 2 is 1.67 bits per heavy atom. The van der Waals surface area contributed by atoms with Crippen LogP contribution in [0.25, 0.3) is 5.69 Å². The lowest BCUT2D eigenvalue weighted by Gasteiger charge is -2.28. The van der Waals surface area contributed by atoms with Gasteiger partial charge in [-0.2, -0.15) is 0 Å². The molecule has 0 saturated carbocycles. The molecule has 1 saturated heterocycles. The molecular weight excluding hydrogens is 394 g/mol. The number of carbonyl (C=O) groups is 1. The average molecular weight is 422 g/mol. The molecule has 1 N–H and O–H groups in total. The molecule has 0 aliphatic carbocycles. The van der Waals surface area contributed by atoms with E-state index in [-0.39, 0.29) is 11.2 Å². The summed E-state index contributed by atoms with van der Waals surface area (Å²) < 4.78 is 2.08. The van der Waals surface area contributed by atoms with Crippen LogP contribution in [-0.4, -0.2) is 39.0 Å². The second-order valence-corrected chi connectivity index (χ2v) is 8.77. The Bertz CT molecular complexity index is 954. The van der Waals surface area contributed by atoms with Gasteiger partial charge in [0.05, 0.1) is 10.9 Å². The molecule has 4 rings (SSSR count). The van der Waals surface area contributed by atoms with Crippen molar-refractivity contribution < 1.29 is 4.79 Å². The molecule has 0 radical (unpaired) electrons. The third-order valence-corrected chi connectivity index (χ3v) is 6.27. The summed E-state index contributed by atoms with van der Waals surface area (Å²) in [6.07, 6.45) is 3.60. The number of amides is 1. The normalized spacial score (nSPS) is 15.0. The smallest absolute Gasteiger partial charge is 0.233 e. The number of anilines is 1. The zero-order valence-electron chi connectivity index (χ0n) is 17.2. The number of para-hydroxylation sites is 1. The van der Waals surface area contributed by atoms with E-state index < -0.39 is 0 Å². The number of nitrogens with zero attached hydrogens (tertiary/aromatic N) is 4. The van der Waals surface area contributed by atoms with Gasteiger partial charge in [-0.25, -0.2) is 0 Å². The lowest BCUT2D eigenvalue weighted by molar-refractivity contribution is -0.120. The molecule has 156 valence electrons. The maximum absolute atomic E-state index is 12.7. The molecule has 1 aliphatic heterocycles. The molecule has 3 aromatic rings. The van der Waals surface area contributed by atoms with E-state index in [1.165, 1.54) is 31.0 Å². The van der Waals surface area contributed by atoms with Crippen molar-refractivity contribution in [1.29, 1.82) is 0 Å². The number of benzene rings is 2. The Hall–Kier alpha value is -2.80. The van der Waals surface area contributed by atoms with Gasteiger partial charge in [0.25, 0.3) is 0 Å². The molecule has 1 amide bonds. The van der Waals surface area contributed by atoms with Crippen molar-refractivity contribution in [2.45, 2.75) is 43.1 Å². The standard InChI is InChI=1S/C23H27N5OS/c1-18(21(29)24-17-19-11-5-2-6-12-19)30-23-26-25-22(27-15-9-4-10-16-27)28(23)20-13-7-3-8-14-20/h2-3,5-8,11-14,18H,4,9-10,15-17H2,1H3,(H,24,29)/t18-/m1/s1. The first-order valence-corrected chi connectivity index (χ1v) is 11.3. The van der Waals surface area contributed by atoms with Gasteiger partial charge < -0.3 is 10.2 Å². The highest BCUT2D eigenvalue weighted by Gasteiger charge is 2.24. The number of carbonyl (C=O) groups excluding carboxylic acids is 1. The fraction of sp³-hybridized carbons (Fsp3) is 0.348. The quantitative estimate of drug-likeness (QED) is 0.583. The topological polar surface area (TPSA) is 63.1 Å². The van der Waals surface area contributed by atoms with Crippen molar-refractivity contribution in [1.82, 2.24) is 20.1 Å². The Morgan fingerprint density at radius 1 is 1.00 bits per heavy atom. The van der Waals surface area contributed by atoms with Crippen molar-refractivity contribution in [3.8, 4) is 5.69 Å². The molecule has 1 atom stereocenters. The third kappa shape index (κ3) is 4.84. The van der Waals surface area contributed by atoms with Gasteiger partial charge in [0.15, 0.2) is 5.16 Å². The van der Waals surface area contributed by atoms with Crippen LogP contribution in [0.3, 0.4) is 0 Å². The fourth-order valence-electron chi connectivity index (χ4n) is 3.58. The van der Waals surface area contributed by atoms with Gasteiger partial charge in [0.1, 0.15) is 0 Å². The highest BCUT2D eigenvalue weighted by molar-refractivity contribution is 8.00. The van der Waals surface area contributed by atoms with E-state index in [9.17, 15) is 4.79 Å². The minimum Gasteiger partial charge on any atom is -0.351 e. The molecular formula is C23H27N5OS. The van der Waals surface area contributed by atoms with Gasteiger partial charge in [-0.3, -0.25) is 9.36 Å². The molecule has 7 heteroatoms. The molecule has 30 heavy (non-hydrogen) atoms. The van der Waals surface area contributed by atoms with Crippen LogP contribution in [0, 0.1) is 0 Å². The van der Waals surface area contributed by atoms with Crippen molar-refractivity contribution in [2.75, 3.05) is 18.0 Å². The predicted molar refractivity (Wildman–Crippen MR) is 121 cm³/mol. The van der Waals surface area contributed by atoms with Crippen LogP contribution in [0.15, 0.2) is 65.8 Å². The summed E-state index contributed by atoms with van der Waals surface area (Å²) >= 11 is 1.44. The first-order chi connectivity index (χ1) is 14.7. The van der Waals surface area contributed by atoms with Crippen LogP contribution in [0.4, 0.5) is 5.95 Å². The van der Waals surface area contributed by atoms with Gasteiger partial charge in [0.2, 0.25) is 11.9 Å². The second kappa shape index (κ2) is 9.80. The lowest BCUT2D eigenvalue weighted by Crippen LogP contribution is -2.32. The summed E-state index contributed by atoms with van der Waals surface area (Å²) in [4.78, 5) is 15.0. The van der Waals surface area contributed by atoms with Crippen molar-refractivity contribution in [2.24, 2.45) is 0 Å². The van der Waals surface area contributed by atoms with E-state index >= 15 is 0 Å². The van der Waals surface area contributed by atoms with E-state index in [0.29, 0.717) is 6.54 Å². The Labute approximate surface area is 181 Å². The summed E-state index contributed by atoms with van der Waals surface area (Å²) in [5.41, 5.74) is 2.10. The number of hydrogen-bond donors (Lipinski definition) is 1. The number of thioether (sulfide) groups is 1. The Morgan fingerprint density at radius 3 is 2.37 bits per heavy atom. The van der Waals surface area contributed by atoms with E-state index in [1.807, 2.05) is 55.5 Å². The fourth-order valence-corrected chi connectivity index (χ4v) is 4.47. The highest BCUT2D eigenvalue weighted by atomic mass is 32.2. The maximum atomic E-state index is 12.7. The van der Waals surface area contributed by atoms with Gasteiger partial charge in [0, 0.05) is 19.6 Å². The Balaban J connectivity index is 1.51. The molecule has 2 heterocycles. The number of piperidine rings is 1. The van der Waals surface area contributed by atoms with Gasteiger partial charge >= 0.3 is 0 Å². The molecule has 6 nitrogen and oxygen atoms in total. The molecule has 0 bridgehead atoms. The molecule has 1 fully saturated rings. The SMILES string of the molecule is C[C@@H](Sc1nnc(N2CCCCC2)n1-c1ccccc1)C(=O)NCc1ccccc1. The van der Waals surface area contributed by atoms with Crippen molar-refractivity contribution in [3.63, 3.8) is 0 Å². The van der Waals surface area contributed by atoms with E-state index in [0.717, 1.165) is 35.4 Å². The number of aromatic nitrogens is 3. The van der Waals surface area contributed by atoms with Crippen molar-refractivity contribution >= 4 is 23.6 Å². The summed E-state index contributed by atoms with van der Waals surface area (Å²) in [5.74, 6) is 0.853. The van der Waals surface area contributed by atoms with Crippen LogP contribution in [0.5, 0.6) is 0 Å². The van der Waals surface area contributed by atoms with E-state index in [1.54, 1.807) is 0 Å². The highest BCUT2D eigenvalue weighted by Crippen LogP contribution is 2.30. The second-order valence-electron chi connectivity index (χ2n) is 7.46. The lowest BCUT2D eigenvalue weighted by atomic mass is 10.1. The van der Waals surface area contributed by atoms with Crippen LogP contribution < -0.4 is 10.2 Å². The number of nitrogens with one attached hydrogen (secondary N) is 1. The first kappa shape index (κ1) is 20.5. The van der Waals surface area contributed by atoms with Gasteiger partial charge in [-0.05, 0) is 43.9 Å². The number of hydrogen-bond acceptors (Lipinski definition) is 5. The van der Waals surface area contributed by atoms with Crippen LogP contribution in [-0.2, 0) is 11.3 Å². The maximum Gasteiger partial charge on any atom is 0.233 e. The summed E-state index contributed by atoms with van der Waals surface area (Å²) in [5, 5.41) is 12.4. The summed E-state index contributed by atoms with van der Waals surface area (Å²) in [6.45, 7) is 4.41. The van der Waals surface area contributed by atoms with Gasteiger partial charge in [-0.15, -0.1) is 10.2 Å². The largest absolute Gasteiger partial charge is 0.351 e. The molecule has 1 aromatic heterocycles. The van der Waals surface area contributed by atoms with E-state index in [2.05, 4.69) is 37.1 Å². The molecule has 0 spiro atoms. The summed E-state index contributed by atoms with van der Waals surface area (Å²) in [6, 6.07) is 20.1. The third-order valence-electron chi connectivity index (χ3n) is 5.23. The van der Waals surface area contributed by atoms with Gasteiger partial charge in [-0.1, -0.05) is 60.3 Å². The minimum absolute atomic E-state index is 0.00835. The predicted octanol–water partition coefficient (Wildman–Crippen LogP) is 4.05. The first-order valence-electron chi connectivity index (χ1n) is 10.5. The summed E-state index contributed by atoms with van der Waals surface area (Å²) in [7, 11) is 0. The van der Waals surface area contributed by atoms with E-state index in [4.69, 9.17) is 0 Å². The van der Waals surface area contributed by atoms with Crippen molar-refractivity contribution in [3.05, 3.63) is 66.2 Å².